The maximum Gasteiger partial charge on any atom is -0.274 e. The van der Waals surface area contributed by atoms with Crippen molar-refractivity contribution in [3.8, 4) is 16.9 Å². The summed E-state index contributed by atoms with van der Waals surface area (Å²) in [4.78, 5) is 12.7. The minimum Gasteiger partial charge on any atom is -0.274 e. The first-order valence-corrected chi connectivity index (χ1v) is 12.9. The molecule has 8 nitrogen and oxygen atoms in total. The number of rotatable bonds is 4. The number of urea groups is 1. The summed E-state index contributed by atoms with van der Waals surface area (Å²) in [5, 5.41) is 11.4. The van der Waals surface area contributed by atoms with Crippen LogP contribution >= 0.6 is 0 Å². The van der Waals surface area contributed by atoms with Crippen LogP contribution in [0, 0.1) is 12.3 Å². The fraction of sp³-hybridized carbons (Fsp3) is 0.200. The maximum atomic E-state index is 12.7. The number of fused-ring (bicyclic) bond motifs is 1. The molecule has 0 bridgehead atoms. The van der Waals surface area contributed by atoms with Crippen molar-refractivity contribution in [2.24, 2.45) is 17.4 Å². The first kappa shape index (κ1) is 27.4. The summed E-state index contributed by atoms with van der Waals surface area (Å²) in [6, 6.07) is 19.7. The Morgan fingerprint density at radius 1 is 1.09 bits per heavy atom. The smallest absolute Gasteiger partial charge is 0.274 e. The van der Waals surface area contributed by atoms with Crippen LogP contribution in [0.5, 0.6) is 5.75 Å². The fourth-order valence-electron chi connectivity index (χ4n) is 3.67. The van der Waals surface area contributed by atoms with Gasteiger partial charge < -0.3 is 5.41 Å². The van der Waals surface area contributed by atoms with E-state index < -0.39 is 0 Å². The van der Waals surface area contributed by atoms with Gasteiger partial charge in [-0.1, -0.05) is 0 Å². The van der Waals surface area contributed by atoms with Crippen molar-refractivity contribution < 1.29 is 9.53 Å². The third-order valence-corrected chi connectivity index (χ3v) is 8.37. The minimum absolute atomic E-state index is 0.104. The zero-order chi connectivity index (χ0) is 25.3. The van der Waals surface area contributed by atoms with E-state index in [1.54, 1.807) is 0 Å². The Labute approximate surface area is 216 Å². The van der Waals surface area contributed by atoms with Crippen LogP contribution in [0.25, 0.3) is 11.1 Å². The molecular weight excluding hydrogens is 624 g/mol. The number of hydrogen-bond acceptors (Lipinski definition) is 6. The number of nitrogens with one attached hydrogen (secondary N) is 3. The summed E-state index contributed by atoms with van der Waals surface area (Å²) in [5.41, 5.74) is 12.9. The van der Waals surface area contributed by atoms with Crippen LogP contribution in [0.1, 0.15) is 27.1 Å². The van der Waals surface area contributed by atoms with Gasteiger partial charge in [-0.3, -0.25) is 11.7 Å². The van der Waals surface area contributed by atoms with E-state index in [-0.39, 0.29) is 12.1 Å². The average molecular weight is 655 g/mol. The standard InChI is InChI=1S/C24H24N3O2.CH3N.H4N2.Pb/c1-15-7-9-20(10-8-15)26-24(28)27-22-13-18(12-19-11-16(2)29-23(19)22)21-6-4-3-5-17(21)14-25;2*1-2;/h3-13,16H,14,25H2,1-2H3,(H2,26,27,28);2H,1H2;1-2H2;. The number of hydrazine groups is 1. The van der Waals surface area contributed by atoms with E-state index in [2.05, 4.69) is 48.1 Å². The van der Waals surface area contributed by atoms with Crippen molar-refractivity contribution in [3.63, 3.8) is 0 Å². The number of anilines is 2. The van der Waals surface area contributed by atoms with Crippen LogP contribution < -0.4 is 32.8 Å². The van der Waals surface area contributed by atoms with Gasteiger partial charge in [0.1, 0.15) is 0 Å². The second-order valence-corrected chi connectivity index (χ2v) is 9.97. The van der Waals surface area contributed by atoms with Crippen molar-refractivity contribution in [3.05, 3.63) is 77.4 Å². The Morgan fingerprint density at radius 2 is 1.74 bits per heavy atom. The van der Waals surface area contributed by atoms with Gasteiger partial charge in [-0.05, 0) is 6.72 Å². The zero-order valence-corrected chi connectivity index (χ0v) is 23.3. The van der Waals surface area contributed by atoms with Crippen LogP contribution in [0.3, 0.4) is 0 Å². The fourth-order valence-corrected chi connectivity index (χ4v) is 4.77. The SMILES string of the molecule is C=N.Cc1ccc(NC(=O)Nc2cc(-c3ccccc3CN)cc3c2OC(C)[CH]3[Pb])cc1.NN. The average Bonchev–Trinajstić information content (AvgIpc) is 3.16. The van der Waals surface area contributed by atoms with Gasteiger partial charge in [-0.25, -0.2) is 0 Å². The van der Waals surface area contributed by atoms with Crippen LogP contribution in [0.15, 0.2) is 60.7 Å². The number of benzene rings is 3. The second kappa shape index (κ2) is 13.2. The molecule has 9 heteroatoms. The summed E-state index contributed by atoms with van der Waals surface area (Å²) in [6.07, 6.45) is 0.104. The first-order valence-electron chi connectivity index (χ1n) is 10.6. The van der Waals surface area contributed by atoms with Gasteiger partial charge in [-0.15, -0.1) is 0 Å². The summed E-state index contributed by atoms with van der Waals surface area (Å²) >= 11 is 0.971. The van der Waals surface area contributed by atoms with Gasteiger partial charge in [0.2, 0.25) is 0 Å². The Kier molecular flexibility index (Phi) is 10.6. The number of carbonyl (C=O) groups is 1. The molecule has 9 N–H and O–H groups in total. The minimum atomic E-state index is -0.293. The molecule has 1 heterocycles. The third kappa shape index (κ3) is 6.41. The summed E-state index contributed by atoms with van der Waals surface area (Å²) in [7, 11) is 0. The maximum absolute atomic E-state index is 12.7. The number of hydrogen-bond donors (Lipinski definition) is 6. The number of nitrogens with two attached hydrogens (primary N) is 3. The Hall–Kier alpha value is -2.80. The van der Waals surface area contributed by atoms with E-state index in [9.17, 15) is 4.79 Å². The predicted molar refractivity (Wildman–Crippen MR) is 140 cm³/mol. The van der Waals surface area contributed by atoms with Crippen molar-refractivity contribution in [2.45, 2.75) is 30.0 Å². The molecule has 2 unspecified atom stereocenters. The molecule has 3 aromatic rings. The molecule has 3 aromatic carbocycles. The van der Waals surface area contributed by atoms with E-state index >= 15 is 0 Å². The van der Waals surface area contributed by atoms with Gasteiger partial charge in [0.25, 0.3) is 0 Å². The molecule has 0 saturated carbocycles. The van der Waals surface area contributed by atoms with E-state index in [1.807, 2.05) is 55.5 Å². The number of ether oxygens (including phenoxy) is 1. The van der Waals surface area contributed by atoms with E-state index in [0.29, 0.717) is 15.7 Å². The van der Waals surface area contributed by atoms with Crippen molar-refractivity contribution in [1.82, 2.24) is 0 Å². The van der Waals surface area contributed by atoms with Crippen LogP contribution in [-0.2, 0) is 6.54 Å². The van der Waals surface area contributed by atoms with E-state index in [0.717, 1.165) is 65.0 Å². The molecule has 4 rings (SSSR count). The zero-order valence-electron chi connectivity index (χ0n) is 19.4. The molecule has 2 amide bonds. The normalized spacial score (nSPS) is 15.5. The van der Waals surface area contributed by atoms with Gasteiger partial charge >= 0.3 is 193 Å². The van der Waals surface area contributed by atoms with Crippen LogP contribution in [0.4, 0.5) is 16.2 Å². The molecular formula is C25H31N6O2Pb. The molecule has 34 heavy (non-hydrogen) atoms. The monoisotopic (exact) mass is 655 g/mol. The number of aryl methyl sites for hydroxylation is 1. The molecule has 177 valence electrons. The predicted octanol–water partition coefficient (Wildman–Crippen LogP) is 3.84. The van der Waals surface area contributed by atoms with E-state index in [1.165, 1.54) is 0 Å². The quantitative estimate of drug-likeness (QED) is 0.109. The summed E-state index contributed by atoms with van der Waals surface area (Å²) in [5.74, 6) is 8.77. The van der Waals surface area contributed by atoms with Gasteiger partial charge in [0, 0.05) is 0 Å². The summed E-state index contributed by atoms with van der Waals surface area (Å²) < 4.78 is 6.50. The Bertz CT molecular complexity index is 1110. The van der Waals surface area contributed by atoms with Gasteiger partial charge in [0.15, 0.2) is 0 Å². The molecule has 0 aromatic heterocycles. The van der Waals surface area contributed by atoms with Gasteiger partial charge in [0.05, 0.1) is 0 Å². The molecule has 0 spiro atoms. The van der Waals surface area contributed by atoms with Crippen LogP contribution in [0.2, 0.25) is 0 Å². The summed E-state index contributed by atoms with van der Waals surface area (Å²) in [6.45, 7) is 7.06. The molecule has 0 aliphatic carbocycles. The first-order chi connectivity index (χ1) is 16.5. The van der Waals surface area contributed by atoms with Gasteiger partial charge in [-0.2, -0.15) is 0 Å². The van der Waals surface area contributed by atoms with Crippen LogP contribution in [-0.4, -0.2) is 44.6 Å². The van der Waals surface area contributed by atoms with E-state index in [4.69, 9.17) is 15.9 Å². The number of amides is 2. The largest absolute Gasteiger partial charge is 0.274 e. The molecule has 0 saturated heterocycles. The number of carbonyl (C=O) groups excluding carboxylic acids is 1. The van der Waals surface area contributed by atoms with Crippen molar-refractivity contribution in [2.75, 3.05) is 10.6 Å². The molecule has 0 fully saturated rings. The molecule has 1 aliphatic heterocycles. The second-order valence-electron chi connectivity index (χ2n) is 7.55. The Morgan fingerprint density at radius 3 is 2.38 bits per heavy atom. The third-order valence-electron chi connectivity index (χ3n) is 5.33. The topological polar surface area (TPSA) is 152 Å². The molecule has 3 radical (unpaired) electrons. The molecule has 2 atom stereocenters. The molecule has 1 aliphatic rings. The Balaban J connectivity index is 0.000000970. The van der Waals surface area contributed by atoms with Crippen molar-refractivity contribution in [1.29, 1.82) is 5.41 Å². The van der Waals surface area contributed by atoms with Crippen molar-refractivity contribution >= 4 is 49.9 Å².